The number of imidazole rings is 1. The fourth-order valence-electron chi connectivity index (χ4n) is 4.81. The Morgan fingerprint density at radius 1 is 0.973 bits per heavy atom. The normalized spacial score (nSPS) is 11.1. The van der Waals surface area contributed by atoms with Crippen molar-refractivity contribution < 1.29 is 4.74 Å². The third-order valence-corrected chi connectivity index (χ3v) is 6.59. The van der Waals surface area contributed by atoms with E-state index < -0.39 is 0 Å². The molecule has 0 saturated heterocycles. The van der Waals surface area contributed by atoms with Gasteiger partial charge in [-0.2, -0.15) is 5.21 Å². The third kappa shape index (κ3) is 4.70. The summed E-state index contributed by atoms with van der Waals surface area (Å²) >= 11 is 0. The van der Waals surface area contributed by atoms with Crippen LogP contribution in [0, 0.1) is 0 Å². The van der Waals surface area contributed by atoms with Gasteiger partial charge < -0.3 is 4.74 Å². The van der Waals surface area contributed by atoms with Gasteiger partial charge in [-0.15, -0.1) is 10.2 Å². The van der Waals surface area contributed by atoms with E-state index >= 15 is 0 Å². The SMILES string of the molecule is CCCc1cn(-c2c(CC)cccc2OC)c(=O)n1Cc1ccc(-c2ccccc2)c(-c2nn[nH]n2)c1. The largest absolute Gasteiger partial charge is 0.495 e. The highest BCUT2D eigenvalue weighted by Crippen LogP contribution is 2.31. The average Bonchev–Trinajstić information content (AvgIpc) is 3.58. The zero-order valence-electron chi connectivity index (χ0n) is 21.3. The summed E-state index contributed by atoms with van der Waals surface area (Å²) in [5.41, 5.74) is 6.67. The van der Waals surface area contributed by atoms with Gasteiger partial charge in [0.1, 0.15) is 5.75 Å². The number of nitrogens with zero attached hydrogens (tertiary/aromatic N) is 5. The first-order valence-electron chi connectivity index (χ1n) is 12.5. The van der Waals surface area contributed by atoms with Crippen molar-refractivity contribution in [3.63, 3.8) is 0 Å². The number of H-pyrrole nitrogens is 1. The lowest BCUT2D eigenvalue weighted by Crippen LogP contribution is -2.25. The van der Waals surface area contributed by atoms with Crippen LogP contribution in [0.25, 0.3) is 28.2 Å². The molecule has 0 saturated carbocycles. The quantitative estimate of drug-likeness (QED) is 0.309. The first-order valence-corrected chi connectivity index (χ1v) is 12.5. The fourth-order valence-corrected chi connectivity index (χ4v) is 4.81. The minimum Gasteiger partial charge on any atom is -0.495 e. The lowest BCUT2D eigenvalue weighted by atomic mass is 9.97. The summed E-state index contributed by atoms with van der Waals surface area (Å²) in [4.78, 5) is 13.8. The minimum atomic E-state index is -0.0871. The highest BCUT2D eigenvalue weighted by Gasteiger charge is 2.19. The van der Waals surface area contributed by atoms with Crippen molar-refractivity contribution in [2.24, 2.45) is 0 Å². The van der Waals surface area contributed by atoms with Gasteiger partial charge in [0, 0.05) is 17.5 Å². The lowest BCUT2D eigenvalue weighted by molar-refractivity contribution is 0.412. The van der Waals surface area contributed by atoms with E-state index in [0.717, 1.165) is 58.5 Å². The number of para-hydroxylation sites is 1. The molecule has 0 atom stereocenters. The van der Waals surface area contributed by atoms with E-state index in [2.05, 4.69) is 58.7 Å². The van der Waals surface area contributed by atoms with E-state index in [1.54, 1.807) is 11.7 Å². The standard InChI is InChI=1S/C29H30N6O2/c1-4-10-23-19-35(27-21(5-2)13-9-14-26(27)37-3)29(36)34(23)18-20-15-16-24(22-11-7-6-8-12-22)25(17-20)28-30-32-33-31-28/h6-9,11-17,19H,4-5,10,18H2,1-3H3,(H,30,31,32,33). The first kappa shape index (κ1) is 24.2. The Balaban J connectivity index is 1.61. The van der Waals surface area contributed by atoms with Gasteiger partial charge in [-0.05, 0) is 52.4 Å². The molecule has 0 amide bonds. The number of hydrogen-bond acceptors (Lipinski definition) is 5. The molecule has 0 radical (unpaired) electrons. The van der Waals surface area contributed by atoms with Crippen LogP contribution in [0.2, 0.25) is 0 Å². The van der Waals surface area contributed by atoms with Crippen molar-refractivity contribution >= 4 is 0 Å². The maximum absolute atomic E-state index is 13.8. The molecule has 3 aromatic carbocycles. The molecule has 188 valence electrons. The van der Waals surface area contributed by atoms with Crippen LogP contribution in [-0.2, 0) is 19.4 Å². The molecular weight excluding hydrogens is 464 g/mol. The van der Waals surface area contributed by atoms with Gasteiger partial charge in [0.05, 0.1) is 19.3 Å². The summed E-state index contributed by atoms with van der Waals surface area (Å²) in [7, 11) is 1.64. The van der Waals surface area contributed by atoms with Crippen LogP contribution in [0.1, 0.15) is 37.1 Å². The number of methoxy groups -OCH3 is 1. The average molecular weight is 495 g/mol. The summed E-state index contributed by atoms with van der Waals surface area (Å²) in [5, 5.41) is 14.8. The molecule has 5 aromatic rings. The minimum absolute atomic E-state index is 0.0871. The van der Waals surface area contributed by atoms with Crippen LogP contribution >= 0.6 is 0 Å². The summed E-state index contributed by atoms with van der Waals surface area (Å²) in [6, 6.07) is 22.2. The van der Waals surface area contributed by atoms with E-state index in [9.17, 15) is 4.79 Å². The molecule has 0 aliphatic carbocycles. The molecule has 8 heteroatoms. The van der Waals surface area contributed by atoms with Crippen LogP contribution < -0.4 is 10.4 Å². The Hall–Kier alpha value is -4.46. The van der Waals surface area contributed by atoms with Crippen LogP contribution in [0.3, 0.4) is 0 Å². The second-order valence-electron chi connectivity index (χ2n) is 8.91. The predicted octanol–water partition coefficient (Wildman–Crippen LogP) is 5.06. The van der Waals surface area contributed by atoms with Gasteiger partial charge in [0.15, 0.2) is 0 Å². The van der Waals surface area contributed by atoms with Crippen molar-refractivity contribution in [1.82, 2.24) is 29.8 Å². The van der Waals surface area contributed by atoms with E-state index in [4.69, 9.17) is 4.74 Å². The second-order valence-corrected chi connectivity index (χ2v) is 8.91. The summed E-state index contributed by atoms with van der Waals surface area (Å²) < 4.78 is 9.24. The molecular formula is C29H30N6O2. The molecule has 0 bridgehead atoms. The first-order chi connectivity index (χ1) is 18.1. The highest BCUT2D eigenvalue weighted by molar-refractivity contribution is 5.80. The number of rotatable bonds is 9. The summed E-state index contributed by atoms with van der Waals surface area (Å²) in [5.74, 6) is 1.20. The van der Waals surface area contributed by atoms with Crippen molar-refractivity contribution in [3.05, 3.63) is 100 Å². The molecule has 0 unspecified atom stereocenters. The molecule has 8 nitrogen and oxygen atoms in total. The molecule has 0 fully saturated rings. The van der Waals surface area contributed by atoms with Crippen LogP contribution in [0.4, 0.5) is 0 Å². The fraction of sp³-hybridized carbons (Fsp3) is 0.241. The Bertz CT molecular complexity index is 1530. The number of benzene rings is 3. The zero-order chi connectivity index (χ0) is 25.8. The molecule has 2 aromatic heterocycles. The topological polar surface area (TPSA) is 90.6 Å². The van der Waals surface area contributed by atoms with Crippen LogP contribution in [-0.4, -0.2) is 36.9 Å². The van der Waals surface area contributed by atoms with E-state index in [-0.39, 0.29) is 5.69 Å². The van der Waals surface area contributed by atoms with E-state index in [1.807, 2.05) is 53.2 Å². The second kappa shape index (κ2) is 10.7. The predicted molar refractivity (Wildman–Crippen MR) is 144 cm³/mol. The van der Waals surface area contributed by atoms with Crippen molar-refractivity contribution in [2.45, 2.75) is 39.7 Å². The molecule has 37 heavy (non-hydrogen) atoms. The summed E-state index contributed by atoms with van der Waals surface area (Å²) in [6.07, 6.45) is 4.47. The van der Waals surface area contributed by atoms with Crippen LogP contribution in [0.5, 0.6) is 5.75 Å². The smallest absolute Gasteiger partial charge is 0.333 e. The number of aryl methyl sites for hydroxylation is 2. The summed E-state index contributed by atoms with van der Waals surface area (Å²) in [6.45, 7) is 4.63. The van der Waals surface area contributed by atoms with E-state index in [1.165, 1.54) is 0 Å². The van der Waals surface area contributed by atoms with E-state index in [0.29, 0.717) is 18.1 Å². The molecule has 0 spiro atoms. The van der Waals surface area contributed by atoms with Gasteiger partial charge in [-0.1, -0.05) is 74.9 Å². The molecule has 5 rings (SSSR count). The maximum Gasteiger partial charge on any atom is 0.333 e. The zero-order valence-corrected chi connectivity index (χ0v) is 21.3. The molecule has 1 N–H and O–H groups in total. The van der Waals surface area contributed by atoms with Crippen molar-refractivity contribution in [1.29, 1.82) is 0 Å². The van der Waals surface area contributed by atoms with Gasteiger partial charge in [0.2, 0.25) is 5.82 Å². The van der Waals surface area contributed by atoms with Gasteiger partial charge in [0.25, 0.3) is 0 Å². The number of tetrazole rings is 1. The highest BCUT2D eigenvalue weighted by atomic mass is 16.5. The number of ether oxygens (including phenoxy) is 1. The molecule has 2 heterocycles. The molecule has 0 aliphatic rings. The number of nitrogens with one attached hydrogen (secondary N) is 1. The van der Waals surface area contributed by atoms with Gasteiger partial charge >= 0.3 is 5.69 Å². The number of aromatic nitrogens is 6. The lowest BCUT2D eigenvalue weighted by Gasteiger charge is -2.13. The van der Waals surface area contributed by atoms with Crippen molar-refractivity contribution in [2.75, 3.05) is 7.11 Å². The monoisotopic (exact) mass is 494 g/mol. The van der Waals surface area contributed by atoms with Gasteiger partial charge in [-0.25, -0.2) is 4.79 Å². The van der Waals surface area contributed by atoms with Gasteiger partial charge in [-0.3, -0.25) is 9.13 Å². The maximum atomic E-state index is 13.8. The van der Waals surface area contributed by atoms with Crippen LogP contribution in [0.15, 0.2) is 77.7 Å². The Morgan fingerprint density at radius 2 is 1.81 bits per heavy atom. The number of hydrogen-bond donors (Lipinski definition) is 1. The number of aromatic amines is 1. The Morgan fingerprint density at radius 3 is 2.51 bits per heavy atom. The Labute approximate surface area is 215 Å². The Kier molecular flexibility index (Phi) is 6.98. The van der Waals surface area contributed by atoms with Crippen molar-refractivity contribution in [3.8, 4) is 34.0 Å². The third-order valence-electron chi connectivity index (χ3n) is 6.59. The molecule has 0 aliphatic heterocycles.